The number of likely N-dealkylation sites (N-methyl/N-ethyl adjacent to an activating group) is 1. The van der Waals surface area contributed by atoms with Crippen LogP contribution in [0.3, 0.4) is 0 Å². The number of aromatic nitrogens is 1. The Labute approximate surface area is 132 Å². The molecule has 1 aromatic heterocycles. The summed E-state index contributed by atoms with van der Waals surface area (Å²) in [4.78, 5) is 36.7. The molecule has 0 radical (unpaired) electrons. The largest absolute Gasteiger partial charge is 0.335 e. The second-order valence-electron chi connectivity index (χ2n) is 4.97. The van der Waals surface area contributed by atoms with Crippen molar-refractivity contribution in [2.45, 2.75) is 6.54 Å². The van der Waals surface area contributed by atoms with Gasteiger partial charge in [0.2, 0.25) is 11.8 Å². The molecule has 0 atom stereocenters. The quantitative estimate of drug-likeness (QED) is 0.897. The van der Waals surface area contributed by atoms with Crippen molar-refractivity contribution in [3.05, 3.63) is 64.8 Å². The van der Waals surface area contributed by atoms with Crippen LogP contribution in [0.5, 0.6) is 0 Å². The van der Waals surface area contributed by atoms with Crippen LogP contribution in [0.4, 0.5) is 10.1 Å². The highest BCUT2D eigenvalue weighted by Crippen LogP contribution is 2.08. The van der Waals surface area contributed by atoms with Gasteiger partial charge in [0.05, 0.1) is 6.54 Å². The summed E-state index contributed by atoms with van der Waals surface area (Å²) < 4.78 is 14.0. The molecule has 0 aliphatic heterocycles. The Hall–Kier alpha value is -2.96. The normalized spacial score (nSPS) is 10.2. The van der Waals surface area contributed by atoms with E-state index in [0.717, 1.165) is 0 Å². The fraction of sp³-hybridized carbons (Fsp3) is 0.188. The molecule has 0 bridgehead atoms. The number of pyridine rings is 1. The Kier molecular flexibility index (Phi) is 5.24. The van der Waals surface area contributed by atoms with E-state index in [9.17, 15) is 18.8 Å². The van der Waals surface area contributed by atoms with E-state index in [1.54, 1.807) is 12.1 Å². The van der Waals surface area contributed by atoms with Crippen molar-refractivity contribution in [3.8, 4) is 0 Å². The number of hydrogen-bond acceptors (Lipinski definition) is 3. The molecule has 120 valence electrons. The van der Waals surface area contributed by atoms with E-state index in [1.807, 2.05) is 0 Å². The fourth-order valence-electron chi connectivity index (χ4n) is 1.90. The number of benzene rings is 1. The number of rotatable bonds is 5. The Balaban J connectivity index is 1.90. The third-order valence-electron chi connectivity index (χ3n) is 3.14. The zero-order valence-electron chi connectivity index (χ0n) is 12.5. The zero-order chi connectivity index (χ0) is 16.8. The van der Waals surface area contributed by atoms with Gasteiger partial charge in [-0.15, -0.1) is 0 Å². The number of amides is 2. The smallest absolute Gasteiger partial charge is 0.250 e. The third kappa shape index (κ3) is 4.77. The van der Waals surface area contributed by atoms with Crippen LogP contribution in [0, 0.1) is 5.82 Å². The van der Waals surface area contributed by atoms with Crippen LogP contribution in [0.25, 0.3) is 0 Å². The van der Waals surface area contributed by atoms with E-state index in [-0.39, 0.29) is 24.6 Å². The lowest BCUT2D eigenvalue weighted by atomic mass is 10.3. The molecule has 23 heavy (non-hydrogen) atoms. The van der Waals surface area contributed by atoms with Crippen LogP contribution in [0.1, 0.15) is 0 Å². The molecule has 7 heteroatoms. The second-order valence-corrected chi connectivity index (χ2v) is 4.97. The first-order valence-corrected chi connectivity index (χ1v) is 6.90. The maximum absolute atomic E-state index is 12.8. The monoisotopic (exact) mass is 317 g/mol. The number of nitrogens with zero attached hydrogens (tertiary/aromatic N) is 2. The van der Waals surface area contributed by atoms with E-state index in [1.165, 1.54) is 53.0 Å². The van der Waals surface area contributed by atoms with Gasteiger partial charge in [-0.1, -0.05) is 6.07 Å². The van der Waals surface area contributed by atoms with E-state index >= 15 is 0 Å². The molecule has 0 saturated heterocycles. The SMILES string of the molecule is CN(CC(=O)Nc1ccc(F)cc1)C(=O)Cn1ccccc1=O. The van der Waals surface area contributed by atoms with Gasteiger partial charge in [-0.25, -0.2) is 4.39 Å². The average molecular weight is 317 g/mol. The Morgan fingerprint density at radius 2 is 1.87 bits per heavy atom. The molecule has 1 aromatic carbocycles. The van der Waals surface area contributed by atoms with Gasteiger partial charge in [0.25, 0.3) is 5.56 Å². The molecule has 0 fully saturated rings. The molecular formula is C16H16FN3O3. The maximum atomic E-state index is 12.8. The zero-order valence-corrected chi connectivity index (χ0v) is 12.5. The van der Waals surface area contributed by atoms with Crippen molar-refractivity contribution in [1.29, 1.82) is 0 Å². The number of carbonyl (C=O) groups excluding carboxylic acids is 2. The number of anilines is 1. The van der Waals surface area contributed by atoms with Crippen LogP contribution in [-0.4, -0.2) is 34.9 Å². The van der Waals surface area contributed by atoms with Gasteiger partial charge < -0.3 is 14.8 Å². The highest BCUT2D eigenvalue weighted by molar-refractivity contribution is 5.94. The highest BCUT2D eigenvalue weighted by Gasteiger charge is 2.14. The lowest BCUT2D eigenvalue weighted by Crippen LogP contribution is -2.38. The molecular weight excluding hydrogens is 301 g/mol. The van der Waals surface area contributed by atoms with Crippen LogP contribution in [0.2, 0.25) is 0 Å². The first-order valence-electron chi connectivity index (χ1n) is 6.90. The molecule has 0 aliphatic rings. The molecule has 1 heterocycles. The molecule has 6 nitrogen and oxygen atoms in total. The summed E-state index contributed by atoms with van der Waals surface area (Å²) in [6, 6.07) is 9.91. The van der Waals surface area contributed by atoms with Crippen molar-refractivity contribution < 1.29 is 14.0 Å². The van der Waals surface area contributed by atoms with E-state index in [2.05, 4.69) is 5.32 Å². The average Bonchev–Trinajstić information content (AvgIpc) is 2.51. The number of hydrogen-bond donors (Lipinski definition) is 1. The first kappa shape index (κ1) is 16.4. The first-order chi connectivity index (χ1) is 11.0. The Morgan fingerprint density at radius 3 is 2.52 bits per heavy atom. The molecule has 0 aliphatic carbocycles. The summed E-state index contributed by atoms with van der Waals surface area (Å²) in [5, 5.41) is 2.56. The predicted molar refractivity (Wildman–Crippen MR) is 83.4 cm³/mol. The van der Waals surface area contributed by atoms with Crippen LogP contribution in [0.15, 0.2) is 53.5 Å². The van der Waals surface area contributed by atoms with Gasteiger partial charge in [0.1, 0.15) is 12.4 Å². The standard InChI is InChI=1S/C16H16FN3O3/c1-19(16(23)11-20-9-3-2-4-15(20)22)10-14(21)18-13-7-5-12(17)6-8-13/h2-9H,10-11H2,1H3,(H,18,21). The van der Waals surface area contributed by atoms with Crippen LogP contribution < -0.4 is 10.9 Å². The van der Waals surface area contributed by atoms with Crippen molar-refractivity contribution >= 4 is 17.5 Å². The third-order valence-corrected chi connectivity index (χ3v) is 3.14. The molecule has 2 amide bonds. The summed E-state index contributed by atoms with van der Waals surface area (Å²) in [6.07, 6.45) is 1.51. The second kappa shape index (κ2) is 7.35. The number of carbonyl (C=O) groups is 2. The summed E-state index contributed by atoms with van der Waals surface area (Å²) in [7, 11) is 1.47. The minimum atomic E-state index is -0.409. The Morgan fingerprint density at radius 1 is 1.17 bits per heavy atom. The van der Waals surface area contributed by atoms with Gasteiger partial charge in [0, 0.05) is 25.0 Å². The highest BCUT2D eigenvalue weighted by atomic mass is 19.1. The summed E-state index contributed by atoms with van der Waals surface area (Å²) in [5.74, 6) is -1.18. The molecule has 0 saturated carbocycles. The summed E-state index contributed by atoms with van der Waals surface area (Å²) in [5.41, 5.74) is 0.154. The molecule has 1 N–H and O–H groups in total. The minimum Gasteiger partial charge on any atom is -0.335 e. The van der Waals surface area contributed by atoms with E-state index in [0.29, 0.717) is 5.69 Å². The molecule has 2 rings (SSSR count). The van der Waals surface area contributed by atoms with Gasteiger partial charge >= 0.3 is 0 Å². The lowest BCUT2D eigenvalue weighted by molar-refractivity contribution is -0.133. The van der Waals surface area contributed by atoms with Gasteiger partial charge in [-0.3, -0.25) is 14.4 Å². The van der Waals surface area contributed by atoms with Gasteiger partial charge in [0.15, 0.2) is 0 Å². The maximum Gasteiger partial charge on any atom is 0.250 e. The molecule has 2 aromatic rings. The van der Waals surface area contributed by atoms with Crippen molar-refractivity contribution in [2.24, 2.45) is 0 Å². The minimum absolute atomic E-state index is 0.139. The number of nitrogens with one attached hydrogen (secondary N) is 1. The van der Waals surface area contributed by atoms with Gasteiger partial charge in [-0.2, -0.15) is 0 Å². The van der Waals surface area contributed by atoms with E-state index in [4.69, 9.17) is 0 Å². The van der Waals surface area contributed by atoms with Crippen LogP contribution in [-0.2, 0) is 16.1 Å². The molecule has 0 spiro atoms. The van der Waals surface area contributed by atoms with Crippen molar-refractivity contribution in [2.75, 3.05) is 18.9 Å². The number of halogens is 1. The van der Waals surface area contributed by atoms with Crippen molar-refractivity contribution in [1.82, 2.24) is 9.47 Å². The summed E-state index contributed by atoms with van der Waals surface area (Å²) in [6.45, 7) is -0.308. The van der Waals surface area contributed by atoms with Gasteiger partial charge in [-0.05, 0) is 30.3 Å². The predicted octanol–water partition coefficient (Wildman–Crippen LogP) is 1.08. The topological polar surface area (TPSA) is 71.4 Å². The van der Waals surface area contributed by atoms with E-state index < -0.39 is 11.7 Å². The lowest BCUT2D eigenvalue weighted by Gasteiger charge is -2.17. The molecule has 0 unspecified atom stereocenters. The Bertz CT molecular complexity index is 756. The van der Waals surface area contributed by atoms with Crippen molar-refractivity contribution in [3.63, 3.8) is 0 Å². The summed E-state index contributed by atoms with van der Waals surface area (Å²) >= 11 is 0. The van der Waals surface area contributed by atoms with Crippen LogP contribution >= 0.6 is 0 Å². The fourth-order valence-corrected chi connectivity index (χ4v) is 1.90.